The summed E-state index contributed by atoms with van der Waals surface area (Å²) in [6.45, 7) is 5.56. The van der Waals surface area contributed by atoms with Crippen LogP contribution >= 0.6 is 0 Å². The Kier molecular flexibility index (Phi) is 5.44. The molecule has 0 spiro atoms. The number of hydrogen-bond donors (Lipinski definition) is 0. The van der Waals surface area contributed by atoms with E-state index in [1.165, 1.54) is 6.34 Å². The highest BCUT2D eigenvalue weighted by Gasteiger charge is 2.22. The van der Waals surface area contributed by atoms with E-state index in [-0.39, 0.29) is 6.61 Å². The summed E-state index contributed by atoms with van der Waals surface area (Å²) in [4.78, 5) is 24.9. The van der Waals surface area contributed by atoms with E-state index in [4.69, 9.17) is 9.57 Å². The van der Waals surface area contributed by atoms with Crippen LogP contribution in [0.2, 0.25) is 0 Å². The SMILES string of the molecule is C/N=C\N(OCc1cccnc1)C(=O)OC(C)(C)C. The molecule has 0 aliphatic rings. The van der Waals surface area contributed by atoms with Gasteiger partial charge in [-0.3, -0.25) is 14.8 Å². The molecule has 1 aromatic rings. The number of hydroxylamine groups is 2. The Bertz CT molecular complexity index is 427. The summed E-state index contributed by atoms with van der Waals surface area (Å²) >= 11 is 0. The van der Waals surface area contributed by atoms with Crippen molar-refractivity contribution in [1.29, 1.82) is 0 Å². The van der Waals surface area contributed by atoms with Crippen LogP contribution in [0.4, 0.5) is 4.79 Å². The van der Waals surface area contributed by atoms with Gasteiger partial charge in [-0.05, 0) is 32.4 Å². The largest absolute Gasteiger partial charge is 0.442 e. The summed E-state index contributed by atoms with van der Waals surface area (Å²) in [6, 6.07) is 3.65. The third-order valence-electron chi connectivity index (χ3n) is 1.89. The molecule has 1 rings (SSSR count). The van der Waals surface area contributed by atoms with Gasteiger partial charge in [-0.1, -0.05) is 6.07 Å². The summed E-state index contributed by atoms with van der Waals surface area (Å²) in [5.41, 5.74) is 0.259. The van der Waals surface area contributed by atoms with E-state index in [0.29, 0.717) is 0 Å². The molecule has 0 unspecified atom stereocenters. The molecule has 0 aliphatic carbocycles. The van der Waals surface area contributed by atoms with Gasteiger partial charge in [-0.25, -0.2) is 4.79 Å². The number of ether oxygens (including phenoxy) is 1. The quantitative estimate of drug-likeness (QED) is 0.476. The number of rotatable bonds is 4. The standard InChI is InChI=1S/C13H19N3O3/c1-13(2,3)19-12(17)16(10-14-4)18-9-11-6-5-7-15-8-11/h5-8,10H,9H2,1-4H3/b14-10-. The second-order valence-corrected chi connectivity index (χ2v) is 4.81. The second kappa shape index (κ2) is 6.84. The highest BCUT2D eigenvalue weighted by atomic mass is 16.7. The summed E-state index contributed by atoms with van der Waals surface area (Å²) in [5.74, 6) is 0. The number of nitrogens with zero attached hydrogens (tertiary/aromatic N) is 3. The number of aromatic nitrogens is 1. The number of pyridine rings is 1. The van der Waals surface area contributed by atoms with E-state index in [0.717, 1.165) is 10.6 Å². The number of aliphatic imine (C=N–C) groups is 1. The van der Waals surface area contributed by atoms with E-state index >= 15 is 0 Å². The van der Waals surface area contributed by atoms with Crippen LogP contribution in [-0.4, -0.2) is 35.1 Å². The molecule has 0 saturated heterocycles. The van der Waals surface area contributed by atoms with Gasteiger partial charge in [0.1, 0.15) is 18.5 Å². The van der Waals surface area contributed by atoms with Crippen LogP contribution in [0.25, 0.3) is 0 Å². The first-order valence-corrected chi connectivity index (χ1v) is 5.88. The summed E-state index contributed by atoms with van der Waals surface area (Å²) in [6.07, 6.45) is 3.99. The Morgan fingerprint density at radius 2 is 2.26 bits per heavy atom. The molecule has 6 nitrogen and oxygen atoms in total. The number of hydrogen-bond acceptors (Lipinski definition) is 5. The molecule has 0 atom stereocenters. The first kappa shape index (κ1) is 15.1. The molecule has 0 aliphatic heterocycles. The lowest BCUT2D eigenvalue weighted by Gasteiger charge is -2.23. The average molecular weight is 265 g/mol. The molecule has 6 heteroatoms. The van der Waals surface area contributed by atoms with Crippen molar-refractivity contribution in [2.24, 2.45) is 4.99 Å². The van der Waals surface area contributed by atoms with Gasteiger partial charge in [0, 0.05) is 19.4 Å². The molecular formula is C13H19N3O3. The van der Waals surface area contributed by atoms with Gasteiger partial charge >= 0.3 is 6.09 Å². The van der Waals surface area contributed by atoms with Crippen LogP contribution in [0.3, 0.4) is 0 Å². The predicted molar refractivity (Wildman–Crippen MR) is 71.5 cm³/mol. The van der Waals surface area contributed by atoms with Crippen molar-refractivity contribution in [3.05, 3.63) is 30.1 Å². The van der Waals surface area contributed by atoms with Gasteiger partial charge in [-0.2, -0.15) is 0 Å². The number of carbonyl (C=O) groups excluding carboxylic acids is 1. The average Bonchev–Trinajstić information content (AvgIpc) is 2.33. The third-order valence-corrected chi connectivity index (χ3v) is 1.89. The van der Waals surface area contributed by atoms with Crippen molar-refractivity contribution in [2.45, 2.75) is 33.0 Å². The fourth-order valence-electron chi connectivity index (χ4n) is 1.17. The summed E-state index contributed by atoms with van der Waals surface area (Å²) in [5, 5.41) is 0.970. The Morgan fingerprint density at radius 1 is 1.53 bits per heavy atom. The van der Waals surface area contributed by atoms with Crippen molar-refractivity contribution in [3.8, 4) is 0 Å². The van der Waals surface area contributed by atoms with Gasteiger partial charge < -0.3 is 4.74 Å². The van der Waals surface area contributed by atoms with Crippen LogP contribution in [-0.2, 0) is 16.2 Å². The maximum absolute atomic E-state index is 11.8. The minimum absolute atomic E-state index is 0.207. The lowest BCUT2D eigenvalue weighted by atomic mass is 10.2. The smallest absolute Gasteiger partial charge is 0.440 e. The zero-order chi connectivity index (χ0) is 14.3. The Labute approximate surface area is 113 Å². The maximum atomic E-state index is 11.8. The Hall–Kier alpha value is -1.95. The van der Waals surface area contributed by atoms with Crippen LogP contribution in [0.5, 0.6) is 0 Å². The van der Waals surface area contributed by atoms with E-state index in [9.17, 15) is 4.79 Å². The summed E-state index contributed by atoms with van der Waals surface area (Å²) < 4.78 is 5.20. The number of carbonyl (C=O) groups is 1. The maximum Gasteiger partial charge on any atom is 0.440 e. The Morgan fingerprint density at radius 3 is 2.79 bits per heavy atom. The molecule has 0 saturated carbocycles. The molecule has 0 N–H and O–H groups in total. The van der Waals surface area contributed by atoms with E-state index in [2.05, 4.69) is 9.98 Å². The minimum Gasteiger partial charge on any atom is -0.442 e. The van der Waals surface area contributed by atoms with Gasteiger partial charge in [-0.15, -0.1) is 5.06 Å². The van der Waals surface area contributed by atoms with Crippen molar-refractivity contribution in [2.75, 3.05) is 7.05 Å². The fraction of sp³-hybridized carbons (Fsp3) is 0.462. The normalized spacial score (nSPS) is 11.6. The molecule has 0 radical (unpaired) electrons. The lowest BCUT2D eigenvalue weighted by Crippen LogP contribution is -2.36. The van der Waals surface area contributed by atoms with E-state index < -0.39 is 11.7 Å². The zero-order valence-corrected chi connectivity index (χ0v) is 11.7. The molecule has 0 fully saturated rings. The molecule has 0 aromatic carbocycles. The minimum atomic E-state index is -0.609. The first-order valence-electron chi connectivity index (χ1n) is 5.88. The highest BCUT2D eigenvalue weighted by molar-refractivity contribution is 5.80. The first-order chi connectivity index (χ1) is 8.92. The van der Waals surface area contributed by atoms with Gasteiger partial charge in [0.15, 0.2) is 0 Å². The fourth-order valence-corrected chi connectivity index (χ4v) is 1.17. The molecule has 1 aromatic heterocycles. The van der Waals surface area contributed by atoms with Crippen molar-refractivity contribution >= 4 is 12.4 Å². The van der Waals surface area contributed by atoms with Gasteiger partial charge in [0.05, 0.1) is 0 Å². The van der Waals surface area contributed by atoms with E-state index in [1.54, 1.807) is 46.3 Å². The van der Waals surface area contributed by atoms with Gasteiger partial charge in [0.2, 0.25) is 0 Å². The lowest BCUT2D eigenvalue weighted by molar-refractivity contribution is -0.105. The third kappa shape index (κ3) is 5.96. The number of amides is 1. The van der Waals surface area contributed by atoms with Crippen LogP contribution in [0.1, 0.15) is 26.3 Å². The van der Waals surface area contributed by atoms with Crippen molar-refractivity contribution < 1.29 is 14.4 Å². The topological polar surface area (TPSA) is 64.0 Å². The zero-order valence-electron chi connectivity index (χ0n) is 11.7. The van der Waals surface area contributed by atoms with Crippen LogP contribution < -0.4 is 0 Å². The second-order valence-electron chi connectivity index (χ2n) is 4.81. The van der Waals surface area contributed by atoms with Crippen molar-refractivity contribution in [3.63, 3.8) is 0 Å². The predicted octanol–water partition coefficient (Wildman–Crippen LogP) is 2.41. The van der Waals surface area contributed by atoms with Crippen LogP contribution in [0, 0.1) is 0 Å². The Balaban J connectivity index is 2.60. The molecule has 0 bridgehead atoms. The highest BCUT2D eigenvalue weighted by Crippen LogP contribution is 2.10. The van der Waals surface area contributed by atoms with E-state index in [1.807, 2.05) is 6.07 Å². The summed E-state index contributed by atoms with van der Waals surface area (Å²) in [7, 11) is 1.55. The van der Waals surface area contributed by atoms with Crippen LogP contribution in [0.15, 0.2) is 29.5 Å². The molecule has 1 heterocycles. The molecule has 1 amide bonds. The van der Waals surface area contributed by atoms with Crippen molar-refractivity contribution in [1.82, 2.24) is 10.0 Å². The molecular weight excluding hydrogens is 246 g/mol. The molecule has 19 heavy (non-hydrogen) atoms. The monoisotopic (exact) mass is 265 g/mol. The molecule has 104 valence electrons. The van der Waals surface area contributed by atoms with Gasteiger partial charge in [0.25, 0.3) is 0 Å².